The molecular formula is C20H12Cl3FN4O2. The summed E-state index contributed by atoms with van der Waals surface area (Å²) in [5.74, 6) is -0.395. The molecule has 0 saturated carbocycles. The standard InChI is InChI=1S/C20H12Cl3FN4O2/c21-12-3-6-14(15(22)7-12)18-8-17(27-30-18)20(29)25-19-16(23)10-28(26-19)9-11-1-4-13(24)5-2-11/h1-8,10H,9H2,(H,25,26,29). The average Bonchev–Trinajstić information content (AvgIpc) is 3.31. The summed E-state index contributed by atoms with van der Waals surface area (Å²) in [5, 5.41) is 11.7. The second-order valence-corrected chi connectivity index (χ2v) is 7.56. The fourth-order valence-electron chi connectivity index (χ4n) is 2.71. The molecule has 4 aromatic rings. The summed E-state index contributed by atoms with van der Waals surface area (Å²) in [6.45, 7) is 0.360. The number of nitrogens with zero attached hydrogens (tertiary/aromatic N) is 3. The molecule has 0 fully saturated rings. The first-order chi connectivity index (χ1) is 14.4. The molecule has 2 aromatic heterocycles. The van der Waals surface area contributed by atoms with Gasteiger partial charge in [-0.3, -0.25) is 9.48 Å². The van der Waals surface area contributed by atoms with E-state index < -0.39 is 5.91 Å². The second-order valence-electron chi connectivity index (χ2n) is 6.30. The third-order valence-electron chi connectivity index (χ3n) is 4.15. The SMILES string of the molecule is O=C(Nc1nn(Cc2ccc(F)cc2)cc1Cl)c1cc(-c2ccc(Cl)cc2Cl)on1. The molecule has 0 aliphatic carbocycles. The Balaban J connectivity index is 1.48. The molecule has 2 aromatic carbocycles. The number of carbonyl (C=O) groups excluding carboxylic acids is 1. The van der Waals surface area contributed by atoms with Crippen molar-refractivity contribution in [2.24, 2.45) is 0 Å². The van der Waals surface area contributed by atoms with E-state index in [0.717, 1.165) is 5.56 Å². The predicted octanol–water partition coefficient (Wildman–Crippen LogP) is 5.94. The number of anilines is 1. The van der Waals surface area contributed by atoms with Crippen molar-refractivity contribution >= 4 is 46.5 Å². The molecule has 4 rings (SSSR count). The molecule has 0 saturated heterocycles. The maximum Gasteiger partial charge on any atom is 0.279 e. The Morgan fingerprint density at radius 2 is 1.83 bits per heavy atom. The van der Waals surface area contributed by atoms with E-state index in [9.17, 15) is 9.18 Å². The second kappa shape index (κ2) is 8.47. The van der Waals surface area contributed by atoms with Crippen molar-refractivity contribution in [3.63, 3.8) is 0 Å². The first kappa shape index (κ1) is 20.4. The summed E-state index contributed by atoms with van der Waals surface area (Å²) in [7, 11) is 0. The number of aromatic nitrogens is 3. The van der Waals surface area contributed by atoms with Gasteiger partial charge in [-0.2, -0.15) is 5.10 Å². The van der Waals surface area contributed by atoms with E-state index in [1.807, 2.05) is 0 Å². The molecule has 0 aliphatic heterocycles. The van der Waals surface area contributed by atoms with E-state index in [0.29, 0.717) is 27.9 Å². The Morgan fingerprint density at radius 1 is 1.07 bits per heavy atom. The van der Waals surface area contributed by atoms with E-state index in [-0.39, 0.29) is 22.4 Å². The first-order valence-electron chi connectivity index (χ1n) is 8.60. The van der Waals surface area contributed by atoms with Gasteiger partial charge in [0.1, 0.15) is 10.8 Å². The molecule has 2 heterocycles. The number of hydrogen-bond donors (Lipinski definition) is 1. The number of carbonyl (C=O) groups is 1. The van der Waals surface area contributed by atoms with Gasteiger partial charge in [0.2, 0.25) is 0 Å². The van der Waals surface area contributed by atoms with Crippen LogP contribution in [0.3, 0.4) is 0 Å². The quantitative estimate of drug-likeness (QED) is 0.396. The van der Waals surface area contributed by atoms with Crippen molar-refractivity contribution in [2.45, 2.75) is 6.54 Å². The number of hydrogen-bond acceptors (Lipinski definition) is 4. The molecule has 0 unspecified atom stereocenters. The minimum absolute atomic E-state index is 0.0279. The van der Waals surface area contributed by atoms with Crippen LogP contribution in [0.25, 0.3) is 11.3 Å². The van der Waals surface area contributed by atoms with Crippen LogP contribution in [0.4, 0.5) is 10.2 Å². The van der Waals surface area contributed by atoms with Crippen molar-refractivity contribution in [1.82, 2.24) is 14.9 Å². The third kappa shape index (κ3) is 4.48. The van der Waals surface area contributed by atoms with Crippen LogP contribution in [-0.4, -0.2) is 20.8 Å². The van der Waals surface area contributed by atoms with Crippen molar-refractivity contribution in [2.75, 3.05) is 5.32 Å². The van der Waals surface area contributed by atoms with Crippen molar-refractivity contribution in [3.05, 3.63) is 86.9 Å². The molecule has 1 N–H and O–H groups in total. The lowest BCUT2D eigenvalue weighted by Crippen LogP contribution is -2.13. The van der Waals surface area contributed by atoms with Crippen LogP contribution in [0.15, 0.2) is 59.3 Å². The van der Waals surface area contributed by atoms with Gasteiger partial charge >= 0.3 is 0 Å². The van der Waals surface area contributed by atoms with Gasteiger partial charge in [0.25, 0.3) is 5.91 Å². The van der Waals surface area contributed by atoms with Gasteiger partial charge in [0.15, 0.2) is 17.3 Å². The molecule has 1 amide bonds. The number of rotatable bonds is 5. The van der Waals surface area contributed by atoms with Gasteiger partial charge in [-0.05, 0) is 35.9 Å². The maximum absolute atomic E-state index is 13.0. The summed E-state index contributed by atoms with van der Waals surface area (Å²) in [6, 6.07) is 12.3. The zero-order chi connectivity index (χ0) is 21.3. The number of halogens is 4. The topological polar surface area (TPSA) is 73.0 Å². The van der Waals surface area contributed by atoms with E-state index in [1.165, 1.54) is 22.9 Å². The minimum atomic E-state index is -0.552. The number of amides is 1. The summed E-state index contributed by atoms with van der Waals surface area (Å²) in [4.78, 5) is 12.5. The van der Waals surface area contributed by atoms with Crippen LogP contribution in [0.5, 0.6) is 0 Å². The van der Waals surface area contributed by atoms with Crippen molar-refractivity contribution in [3.8, 4) is 11.3 Å². The lowest BCUT2D eigenvalue weighted by atomic mass is 10.1. The van der Waals surface area contributed by atoms with Gasteiger partial charge in [-0.1, -0.05) is 52.1 Å². The highest BCUT2D eigenvalue weighted by atomic mass is 35.5. The van der Waals surface area contributed by atoms with Crippen molar-refractivity contribution < 1.29 is 13.7 Å². The fourth-order valence-corrected chi connectivity index (χ4v) is 3.41. The maximum atomic E-state index is 13.0. The molecule has 0 bridgehead atoms. The summed E-state index contributed by atoms with van der Waals surface area (Å²) in [6.07, 6.45) is 1.56. The van der Waals surface area contributed by atoms with E-state index in [4.69, 9.17) is 39.3 Å². The Kier molecular flexibility index (Phi) is 5.76. The van der Waals surface area contributed by atoms with Gasteiger partial charge in [0.05, 0.1) is 11.6 Å². The molecule has 10 heteroatoms. The summed E-state index contributed by atoms with van der Waals surface area (Å²) in [5.41, 5.74) is 1.41. The van der Waals surface area contributed by atoms with Crippen molar-refractivity contribution in [1.29, 1.82) is 0 Å². The largest absolute Gasteiger partial charge is 0.355 e. The van der Waals surface area contributed by atoms with Crippen LogP contribution in [0.1, 0.15) is 16.1 Å². The molecule has 152 valence electrons. The van der Waals surface area contributed by atoms with Gasteiger partial charge < -0.3 is 9.84 Å². The highest BCUT2D eigenvalue weighted by Gasteiger charge is 2.18. The Hall–Kier alpha value is -2.87. The zero-order valence-electron chi connectivity index (χ0n) is 15.1. The number of benzene rings is 2. The van der Waals surface area contributed by atoms with E-state index >= 15 is 0 Å². The molecular weight excluding hydrogens is 454 g/mol. The number of nitrogens with one attached hydrogen (secondary N) is 1. The highest BCUT2D eigenvalue weighted by molar-refractivity contribution is 6.36. The van der Waals surface area contributed by atoms with Crippen LogP contribution in [0.2, 0.25) is 15.1 Å². The van der Waals surface area contributed by atoms with Crippen LogP contribution in [-0.2, 0) is 6.54 Å². The molecule has 0 radical (unpaired) electrons. The molecule has 0 aliphatic rings. The average molecular weight is 466 g/mol. The molecule has 0 spiro atoms. The third-order valence-corrected chi connectivity index (χ3v) is 4.97. The van der Waals surface area contributed by atoms with E-state index in [2.05, 4.69) is 15.6 Å². The lowest BCUT2D eigenvalue weighted by Gasteiger charge is -2.02. The van der Waals surface area contributed by atoms with Gasteiger partial charge in [-0.25, -0.2) is 4.39 Å². The van der Waals surface area contributed by atoms with Crippen LogP contribution in [0, 0.1) is 5.82 Å². The zero-order valence-corrected chi connectivity index (χ0v) is 17.3. The minimum Gasteiger partial charge on any atom is -0.355 e. The lowest BCUT2D eigenvalue weighted by molar-refractivity contribution is 0.101. The summed E-state index contributed by atoms with van der Waals surface area (Å²) >= 11 is 18.2. The van der Waals surface area contributed by atoms with Crippen LogP contribution >= 0.6 is 34.8 Å². The smallest absolute Gasteiger partial charge is 0.279 e. The summed E-state index contributed by atoms with van der Waals surface area (Å²) < 4.78 is 19.8. The van der Waals surface area contributed by atoms with Crippen LogP contribution < -0.4 is 5.32 Å². The molecule has 6 nitrogen and oxygen atoms in total. The van der Waals surface area contributed by atoms with Gasteiger partial charge in [-0.15, -0.1) is 0 Å². The Labute approximate surface area is 185 Å². The molecule has 30 heavy (non-hydrogen) atoms. The monoisotopic (exact) mass is 464 g/mol. The first-order valence-corrected chi connectivity index (χ1v) is 9.73. The molecule has 0 atom stereocenters. The fraction of sp³-hybridized carbons (Fsp3) is 0.0500. The van der Waals surface area contributed by atoms with Gasteiger partial charge in [0, 0.05) is 22.8 Å². The Morgan fingerprint density at radius 3 is 2.57 bits per heavy atom. The van der Waals surface area contributed by atoms with E-state index in [1.54, 1.807) is 36.5 Å². The predicted molar refractivity (Wildman–Crippen MR) is 113 cm³/mol. The Bertz CT molecular complexity index is 1220. The normalized spacial score (nSPS) is 10.9. The highest BCUT2D eigenvalue weighted by Crippen LogP contribution is 2.31.